The van der Waals surface area contributed by atoms with Gasteiger partial charge < -0.3 is 10.1 Å². The van der Waals surface area contributed by atoms with E-state index in [2.05, 4.69) is 17.1 Å². The fourth-order valence-electron chi connectivity index (χ4n) is 2.33. The highest BCUT2D eigenvalue weighted by Crippen LogP contribution is 2.21. The van der Waals surface area contributed by atoms with Crippen LogP contribution in [0.15, 0.2) is 18.2 Å². The minimum atomic E-state index is -0.406. The summed E-state index contributed by atoms with van der Waals surface area (Å²) in [7, 11) is 0. The van der Waals surface area contributed by atoms with Crippen LogP contribution in [0.1, 0.15) is 12.5 Å². The third-order valence-electron chi connectivity index (χ3n) is 3.52. The van der Waals surface area contributed by atoms with Crippen molar-refractivity contribution in [1.82, 2.24) is 10.2 Å². The van der Waals surface area contributed by atoms with Gasteiger partial charge in [-0.1, -0.05) is 11.6 Å². The quantitative estimate of drug-likeness (QED) is 0.643. The van der Waals surface area contributed by atoms with Crippen LogP contribution in [-0.2, 0) is 11.3 Å². The highest BCUT2D eigenvalue weighted by atomic mass is 35.5. The van der Waals surface area contributed by atoms with E-state index in [1.54, 1.807) is 6.07 Å². The highest BCUT2D eigenvalue weighted by molar-refractivity contribution is 6.31. The minimum absolute atomic E-state index is 0.0667. The summed E-state index contributed by atoms with van der Waals surface area (Å²) in [6, 6.07) is 4.79. The summed E-state index contributed by atoms with van der Waals surface area (Å²) in [5.74, 6) is 0. The molecule has 1 N–H and O–H groups in total. The summed E-state index contributed by atoms with van der Waals surface area (Å²) >= 11 is 6.09. The second-order valence-electron chi connectivity index (χ2n) is 5.23. The topological polar surface area (TPSA) is 67.6 Å². The SMILES string of the molecule is CC(CN1CCOCC1)NCc1cc([N+](=O)[O-])ccc1Cl. The fourth-order valence-corrected chi connectivity index (χ4v) is 2.51. The molecule has 1 fully saturated rings. The molecule has 1 aromatic carbocycles. The normalized spacial score (nSPS) is 17.6. The standard InChI is InChI=1S/C14H20ClN3O3/c1-11(10-17-4-6-21-7-5-17)16-9-12-8-13(18(19)20)2-3-14(12)15/h2-3,8,11,16H,4-7,9-10H2,1H3. The van der Waals surface area contributed by atoms with Gasteiger partial charge in [0, 0.05) is 49.4 Å². The number of nitro groups is 1. The van der Waals surface area contributed by atoms with Crippen molar-refractivity contribution in [1.29, 1.82) is 0 Å². The van der Waals surface area contributed by atoms with Gasteiger partial charge in [0.05, 0.1) is 18.1 Å². The molecule has 0 saturated carbocycles. The van der Waals surface area contributed by atoms with Crippen LogP contribution in [0.3, 0.4) is 0 Å². The van der Waals surface area contributed by atoms with Gasteiger partial charge in [0.15, 0.2) is 0 Å². The molecule has 1 aromatic rings. The molecular weight excluding hydrogens is 294 g/mol. The van der Waals surface area contributed by atoms with Gasteiger partial charge >= 0.3 is 0 Å². The van der Waals surface area contributed by atoms with Crippen LogP contribution < -0.4 is 5.32 Å². The van der Waals surface area contributed by atoms with Crippen molar-refractivity contribution in [3.63, 3.8) is 0 Å². The summed E-state index contributed by atoms with van der Waals surface area (Å²) in [5, 5.41) is 14.7. The maximum absolute atomic E-state index is 10.8. The lowest BCUT2D eigenvalue weighted by molar-refractivity contribution is -0.384. The molecule has 1 saturated heterocycles. The van der Waals surface area contributed by atoms with Crippen molar-refractivity contribution in [3.8, 4) is 0 Å². The number of hydrogen-bond donors (Lipinski definition) is 1. The molecule has 1 atom stereocenters. The van der Waals surface area contributed by atoms with Crippen LogP contribution in [0.25, 0.3) is 0 Å². The Morgan fingerprint density at radius 3 is 2.86 bits per heavy atom. The van der Waals surface area contributed by atoms with Crippen molar-refractivity contribution in [2.45, 2.75) is 19.5 Å². The number of rotatable bonds is 6. The minimum Gasteiger partial charge on any atom is -0.379 e. The molecular formula is C14H20ClN3O3. The third kappa shape index (κ3) is 4.93. The monoisotopic (exact) mass is 313 g/mol. The van der Waals surface area contributed by atoms with Crippen molar-refractivity contribution < 1.29 is 9.66 Å². The van der Waals surface area contributed by atoms with E-state index in [1.165, 1.54) is 12.1 Å². The molecule has 1 aliphatic heterocycles. The molecule has 0 aromatic heterocycles. The molecule has 116 valence electrons. The predicted molar refractivity (Wildman–Crippen MR) is 81.7 cm³/mol. The van der Waals surface area contributed by atoms with Crippen LogP contribution in [0.2, 0.25) is 5.02 Å². The van der Waals surface area contributed by atoms with Crippen LogP contribution in [-0.4, -0.2) is 48.7 Å². The number of hydrogen-bond acceptors (Lipinski definition) is 5. The van der Waals surface area contributed by atoms with Gasteiger partial charge in [-0.15, -0.1) is 0 Å². The van der Waals surface area contributed by atoms with E-state index in [-0.39, 0.29) is 11.7 Å². The average molecular weight is 314 g/mol. The molecule has 0 amide bonds. The van der Waals surface area contributed by atoms with Crippen molar-refractivity contribution >= 4 is 17.3 Å². The number of non-ortho nitro benzene ring substituents is 1. The summed E-state index contributed by atoms with van der Waals surface area (Å²) in [4.78, 5) is 12.7. The Morgan fingerprint density at radius 2 is 2.19 bits per heavy atom. The van der Waals surface area contributed by atoms with E-state index in [1.807, 2.05) is 0 Å². The molecule has 0 bridgehead atoms. The maximum atomic E-state index is 10.8. The van der Waals surface area contributed by atoms with E-state index >= 15 is 0 Å². The summed E-state index contributed by atoms with van der Waals surface area (Å²) < 4.78 is 5.32. The fraction of sp³-hybridized carbons (Fsp3) is 0.571. The van der Waals surface area contributed by atoms with Crippen LogP contribution in [0.4, 0.5) is 5.69 Å². The smallest absolute Gasteiger partial charge is 0.269 e. The van der Waals surface area contributed by atoms with Gasteiger partial charge in [0.2, 0.25) is 0 Å². The Hall–Kier alpha value is -1.21. The van der Waals surface area contributed by atoms with Crippen LogP contribution >= 0.6 is 11.6 Å². The van der Waals surface area contributed by atoms with Gasteiger partial charge in [-0.3, -0.25) is 15.0 Å². The number of morpholine rings is 1. The van der Waals surface area contributed by atoms with Gasteiger partial charge in [-0.05, 0) is 18.6 Å². The zero-order chi connectivity index (χ0) is 15.2. The van der Waals surface area contributed by atoms with E-state index < -0.39 is 4.92 Å². The maximum Gasteiger partial charge on any atom is 0.269 e. The summed E-state index contributed by atoms with van der Waals surface area (Å²) in [6.45, 7) is 7.00. The Balaban J connectivity index is 1.86. The Bertz CT molecular complexity index is 492. The molecule has 6 nitrogen and oxygen atoms in total. The Morgan fingerprint density at radius 1 is 1.48 bits per heavy atom. The predicted octanol–water partition coefficient (Wildman–Crippen LogP) is 2.06. The molecule has 1 heterocycles. The van der Waals surface area contributed by atoms with Crippen molar-refractivity contribution in [2.24, 2.45) is 0 Å². The van der Waals surface area contributed by atoms with E-state index in [0.717, 1.165) is 38.4 Å². The first-order valence-corrected chi connectivity index (χ1v) is 7.40. The van der Waals surface area contributed by atoms with Crippen LogP contribution in [0, 0.1) is 10.1 Å². The molecule has 2 rings (SSSR count). The molecule has 1 aliphatic rings. The van der Waals surface area contributed by atoms with E-state index in [9.17, 15) is 10.1 Å². The number of nitrogens with one attached hydrogen (secondary N) is 1. The third-order valence-corrected chi connectivity index (χ3v) is 3.89. The van der Waals surface area contributed by atoms with Gasteiger partial charge in [0.1, 0.15) is 0 Å². The van der Waals surface area contributed by atoms with Gasteiger partial charge in [-0.25, -0.2) is 0 Å². The van der Waals surface area contributed by atoms with Gasteiger partial charge in [0.25, 0.3) is 5.69 Å². The Kier molecular flexibility index (Phi) is 5.93. The summed E-state index contributed by atoms with van der Waals surface area (Å²) in [6.07, 6.45) is 0. The molecule has 0 radical (unpaired) electrons. The first-order chi connectivity index (χ1) is 10.1. The number of nitro benzene ring substituents is 1. The van der Waals surface area contributed by atoms with E-state index in [4.69, 9.17) is 16.3 Å². The highest BCUT2D eigenvalue weighted by Gasteiger charge is 2.14. The molecule has 0 aliphatic carbocycles. The second kappa shape index (κ2) is 7.70. The lowest BCUT2D eigenvalue weighted by Crippen LogP contribution is -2.44. The number of benzene rings is 1. The first kappa shape index (κ1) is 16.2. The number of ether oxygens (including phenoxy) is 1. The molecule has 1 unspecified atom stereocenters. The van der Waals surface area contributed by atoms with Crippen LogP contribution in [0.5, 0.6) is 0 Å². The van der Waals surface area contributed by atoms with Crippen molar-refractivity contribution in [3.05, 3.63) is 38.9 Å². The molecule has 21 heavy (non-hydrogen) atoms. The lowest BCUT2D eigenvalue weighted by Gasteiger charge is -2.29. The van der Waals surface area contributed by atoms with E-state index in [0.29, 0.717) is 11.6 Å². The molecule has 0 spiro atoms. The zero-order valence-corrected chi connectivity index (χ0v) is 12.8. The van der Waals surface area contributed by atoms with Crippen molar-refractivity contribution in [2.75, 3.05) is 32.8 Å². The van der Waals surface area contributed by atoms with Gasteiger partial charge in [-0.2, -0.15) is 0 Å². The molecule has 7 heteroatoms. The largest absolute Gasteiger partial charge is 0.379 e. The summed E-state index contributed by atoms with van der Waals surface area (Å²) in [5.41, 5.74) is 0.816. The zero-order valence-electron chi connectivity index (χ0n) is 12.0. The number of nitrogens with zero attached hydrogens (tertiary/aromatic N) is 2. The first-order valence-electron chi connectivity index (χ1n) is 7.02. The average Bonchev–Trinajstić information content (AvgIpc) is 2.47. The lowest BCUT2D eigenvalue weighted by atomic mass is 10.2. The Labute approximate surface area is 129 Å². The second-order valence-corrected chi connectivity index (χ2v) is 5.63. The number of halogens is 1.